The molecule has 0 radical (unpaired) electrons. The van der Waals surface area contributed by atoms with E-state index in [4.69, 9.17) is 0 Å². The van der Waals surface area contributed by atoms with E-state index in [1.165, 1.54) is 0 Å². The van der Waals surface area contributed by atoms with Crippen LogP contribution < -0.4 is 5.32 Å². The molecule has 0 spiro atoms. The first-order chi connectivity index (χ1) is 3.68. The highest BCUT2D eigenvalue weighted by Crippen LogP contribution is 2.28. The van der Waals surface area contributed by atoms with Gasteiger partial charge in [-0.05, 0) is 26.5 Å². The third kappa shape index (κ3) is 2.29. The molecule has 50 valence electrons. The Balaban J connectivity index is 3.58. The van der Waals surface area contributed by atoms with Crippen LogP contribution in [0, 0.1) is 0 Å². The Hall–Kier alpha value is 0.660. The molecule has 8 heavy (non-hydrogen) atoms. The molecule has 0 aliphatic rings. The second-order valence-corrected chi connectivity index (χ2v) is 4.31. The van der Waals surface area contributed by atoms with Crippen molar-refractivity contribution in [3.05, 3.63) is 0 Å². The minimum absolute atomic E-state index is 0.208. The molecule has 1 N–H and O–H groups in total. The Kier molecular flexibility index (Phi) is 3.94. The van der Waals surface area contributed by atoms with E-state index in [1.807, 2.05) is 30.6 Å². The van der Waals surface area contributed by atoms with Crippen LogP contribution in [0.3, 0.4) is 0 Å². The van der Waals surface area contributed by atoms with E-state index in [0.29, 0.717) is 0 Å². The molecule has 0 fully saturated rings. The molecule has 0 saturated heterocycles. The third-order valence-electron chi connectivity index (χ3n) is 1.23. The monoisotopic (exact) mass is 151 g/mol. The first-order valence-corrected chi connectivity index (χ1v) is 4.92. The van der Waals surface area contributed by atoms with E-state index >= 15 is 0 Å². The zero-order valence-electron chi connectivity index (χ0n) is 5.82. The van der Waals surface area contributed by atoms with Crippen molar-refractivity contribution in [1.82, 2.24) is 5.32 Å². The molecule has 0 bridgehead atoms. The van der Waals surface area contributed by atoms with Crippen molar-refractivity contribution in [3.63, 3.8) is 0 Å². The van der Waals surface area contributed by atoms with Crippen molar-refractivity contribution in [2.24, 2.45) is 0 Å². The van der Waals surface area contributed by atoms with Gasteiger partial charge >= 0.3 is 0 Å². The molecule has 0 rings (SSSR count). The number of hydrogen-bond donors (Lipinski definition) is 1. The maximum Gasteiger partial charge on any atom is 0.108 e. The predicted octanol–water partition coefficient (Wildman–Crippen LogP) is 1.61. The summed E-state index contributed by atoms with van der Waals surface area (Å²) in [7, 11) is 1.98. The van der Waals surface area contributed by atoms with Crippen LogP contribution in [0.2, 0.25) is 0 Å². The fraction of sp³-hybridized carbons (Fsp3) is 1.00. The van der Waals surface area contributed by atoms with Crippen molar-refractivity contribution in [3.8, 4) is 0 Å². The fourth-order valence-electron chi connectivity index (χ4n) is 0.287. The molecule has 0 aromatic carbocycles. The lowest BCUT2D eigenvalue weighted by Gasteiger charge is -2.23. The second kappa shape index (κ2) is 3.64. The van der Waals surface area contributed by atoms with Gasteiger partial charge in [-0.15, -0.1) is 23.5 Å². The first kappa shape index (κ1) is 8.66. The minimum atomic E-state index is 0.208. The molecule has 0 aliphatic carbocycles. The highest BCUT2D eigenvalue weighted by molar-refractivity contribution is 8.17. The van der Waals surface area contributed by atoms with Gasteiger partial charge in [0.1, 0.15) is 4.20 Å². The van der Waals surface area contributed by atoms with E-state index in [9.17, 15) is 0 Å². The molecule has 0 unspecified atom stereocenters. The number of thioether (sulfide) groups is 2. The van der Waals surface area contributed by atoms with Gasteiger partial charge < -0.3 is 0 Å². The number of rotatable bonds is 3. The maximum atomic E-state index is 3.20. The Morgan fingerprint density at radius 1 is 1.25 bits per heavy atom. The minimum Gasteiger partial charge on any atom is -0.298 e. The van der Waals surface area contributed by atoms with Crippen LogP contribution in [0.1, 0.15) is 6.92 Å². The Labute approximate surface area is 60.0 Å². The average molecular weight is 151 g/mol. The van der Waals surface area contributed by atoms with Gasteiger partial charge in [0.05, 0.1) is 0 Å². The number of nitrogens with one attached hydrogen (secondary N) is 1. The summed E-state index contributed by atoms with van der Waals surface area (Å²) in [5, 5.41) is 3.20. The summed E-state index contributed by atoms with van der Waals surface area (Å²) in [6, 6.07) is 0. The quantitative estimate of drug-likeness (QED) is 0.615. The highest BCUT2D eigenvalue weighted by atomic mass is 32.2. The van der Waals surface area contributed by atoms with Crippen LogP contribution in [0.5, 0.6) is 0 Å². The van der Waals surface area contributed by atoms with Crippen LogP contribution in [0.4, 0.5) is 0 Å². The molecule has 0 aromatic heterocycles. The predicted molar refractivity (Wildman–Crippen MR) is 44.5 cm³/mol. The standard InChI is InChI=1S/C5H13NS2/c1-5(6-2,7-3)8-4/h6H,1-4H3. The average Bonchev–Trinajstić information content (AvgIpc) is 1.87. The normalized spacial score (nSPS) is 12.0. The topological polar surface area (TPSA) is 12.0 Å². The molecular weight excluding hydrogens is 138 g/mol. The fourth-order valence-corrected chi connectivity index (χ4v) is 1.36. The molecule has 0 aromatic rings. The summed E-state index contributed by atoms with van der Waals surface area (Å²) in [5.41, 5.74) is 0. The molecule has 0 atom stereocenters. The van der Waals surface area contributed by atoms with E-state index in [-0.39, 0.29) is 4.20 Å². The molecule has 3 heteroatoms. The first-order valence-electron chi connectivity index (χ1n) is 2.47. The van der Waals surface area contributed by atoms with Crippen molar-refractivity contribution >= 4 is 23.5 Å². The Morgan fingerprint density at radius 3 is 1.62 bits per heavy atom. The maximum absolute atomic E-state index is 3.20. The zero-order chi connectivity index (χ0) is 6.62. The second-order valence-electron chi connectivity index (χ2n) is 1.60. The molecule has 1 nitrogen and oxygen atoms in total. The summed E-state index contributed by atoms with van der Waals surface area (Å²) >= 11 is 3.65. The highest BCUT2D eigenvalue weighted by Gasteiger charge is 2.16. The number of hydrogen-bond acceptors (Lipinski definition) is 3. The summed E-state index contributed by atoms with van der Waals surface area (Å²) in [6.07, 6.45) is 4.21. The van der Waals surface area contributed by atoms with Crippen molar-refractivity contribution in [1.29, 1.82) is 0 Å². The summed E-state index contributed by atoms with van der Waals surface area (Å²) in [6.45, 7) is 2.17. The van der Waals surface area contributed by atoms with Gasteiger partial charge in [-0.2, -0.15) is 0 Å². The van der Waals surface area contributed by atoms with Crippen LogP contribution >= 0.6 is 23.5 Å². The summed E-state index contributed by atoms with van der Waals surface area (Å²) in [5.74, 6) is 0. The smallest absolute Gasteiger partial charge is 0.108 e. The van der Waals surface area contributed by atoms with Crippen LogP contribution in [0.25, 0.3) is 0 Å². The molecule has 0 aliphatic heterocycles. The summed E-state index contributed by atoms with van der Waals surface area (Å²) in [4.78, 5) is 0. The molecule has 0 saturated carbocycles. The van der Waals surface area contributed by atoms with Gasteiger partial charge in [0.2, 0.25) is 0 Å². The van der Waals surface area contributed by atoms with E-state index < -0.39 is 0 Å². The van der Waals surface area contributed by atoms with Gasteiger partial charge in [0, 0.05) is 0 Å². The zero-order valence-corrected chi connectivity index (χ0v) is 7.45. The van der Waals surface area contributed by atoms with Crippen LogP contribution in [0.15, 0.2) is 0 Å². The molecule has 0 heterocycles. The van der Waals surface area contributed by atoms with E-state index in [0.717, 1.165) is 0 Å². The van der Waals surface area contributed by atoms with E-state index in [1.54, 1.807) is 0 Å². The van der Waals surface area contributed by atoms with Crippen LogP contribution in [-0.2, 0) is 0 Å². The van der Waals surface area contributed by atoms with E-state index in [2.05, 4.69) is 24.8 Å². The lowest BCUT2D eigenvalue weighted by Crippen LogP contribution is -2.31. The van der Waals surface area contributed by atoms with Crippen molar-refractivity contribution in [2.45, 2.75) is 11.1 Å². The van der Waals surface area contributed by atoms with Crippen molar-refractivity contribution in [2.75, 3.05) is 19.6 Å². The van der Waals surface area contributed by atoms with Gasteiger partial charge in [0.15, 0.2) is 0 Å². The molecule has 0 amide bonds. The van der Waals surface area contributed by atoms with Gasteiger partial charge in [-0.1, -0.05) is 0 Å². The Morgan fingerprint density at radius 2 is 1.62 bits per heavy atom. The van der Waals surface area contributed by atoms with Gasteiger partial charge in [-0.3, -0.25) is 5.32 Å². The van der Waals surface area contributed by atoms with Crippen LogP contribution in [-0.4, -0.2) is 23.8 Å². The van der Waals surface area contributed by atoms with Gasteiger partial charge in [0.25, 0.3) is 0 Å². The lowest BCUT2D eigenvalue weighted by atomic mass is 10.7. The summed E-state index contributed by atoms with van der Waals surface area (Å²) < 4.78 is 0.208. The SMILES string of the molecule is CNC(C)(SC)SC. The Bertz CT molecular complexity index is 53.2. The van der Waals surface area contributed by atoms with Crippen molar-refractivity contribution < 1.29 is 0 Å². The largest absolute Gasteiger partial charge is 0.298 e. The van der Waals surface area contributed by atoms with Gasteiger partial charge in [-0.25, -0.2) is 0 Å². The molecular formula is C5H13NS2. The lowest BCUT2D eigenvalue weighted by molar-refractivity contribution is 0.755. The third-order valence-corrected chi connectivity index (χ3v) is 4.20.